The zero-order valence-corrected chi connectivity index (χ0v) is 16.0. The Morgan fingerprint density at radius 2 is 2.07 bits per heavy atom. The van der Waals surface area contributed by atoms with E-state index in [-0.39, 0.29) is 15.3 Å². The molecule has 1 amide bonds. The van der Waals surface area contributed by atoms with Crippen LogP contribution in [0.2, 0.25) is 0 Å². The molecule has 27 heavy (non-hydrogen) atoms. The van der Waals surface area contributed by atoms with Gasteiger partial charge in [-0.2, -0.15) is 0 Å². The van der Waals surface area contributed by atoms with Gasteiger partial charge in [0.2, 0.25) is 0 Å². The molecule has 0 fully saturated rings. The third-order valence-electron chi connectivity index (χ3n) is 4.36. The zero-order valence-electron chi connectivity index (χ0n) is 14.4. The Morgan fingerprint density at radius 1 is 1.26 bits per heavy atom. The molecule has 10 heteroatoms. The van der Waals surface area contributed by atoms with Crippen molar-refractivity contribution in [1.82, 2.24) is 19.8 Å². The van der Waals surface area contributed by atoms with Gasteiger partial charge in [-0.1, -0.05) is 0 Å². The van der Waals surface area contributed by atoms with Crippen LogP contribution in [0.15, 0.2) is 39.3 Å². The average Bonchev–Trinajstić information content (AvgIpc) is 3.29. The van der Waals surface area contributed by atoms with Gasteiger partial charge < -0.3 is 0 Å². The van der Waals surface area contributed by atoms with Gasteiger partial charge in [-0.3, -0.25) is 19.6 Å². The number of amides is 1. The highest BCUT2D eigenvalue weighted by atomic mass is 32.2. The maximum Gasteiger partial charge on any atom is 0.266 e. The highest BCUT2D eigenvalue weighted by Crippen LogP contribution is 2.20. The fourth-order valence-electron chi connectivity index (χ4n) is 3.02. The summed E-state index contributed by atoms with van der Waals surface area (Å²) in [6.07, 6.45) is 1.59. The van der Waals surface area contributed by atoms with Crippen molar-refractivity contribution in [2.45, 2.75) is 30.5 Å². The Balaban J connectivity index is 1.58. The quantitative estimate of drug-likeness (QED) is 0.638. The molecule has 1 aliphatic heterocycles. The lowest BCUT2D eigenvalue weighted by atomic mass is 10.1. The smallest absolute Gasteiger partial charge is 0.266 e. The van der Waals surface area contributed by atoms with Gasteiger partial charge in [0, 0.05) is 23.4 Å². The van der Waals surface area contributed by atoms with Gasteiger partial charge in [-0.25, -0.2) is 13.4 Å². The summed E-state index contributed by atoms with van der Waals surface area (Å²) in [5.74, 6) is 0.0787. The number of sulfonamides is 1. The first-order valence-electron chi connectivity index (χ1n) is 8.27. The molecule has 0 saturated carbocycles. The molecule has 0 saturated heterocycles. The number of thiophene rings is 1. The summed E-state index contributed by atoms with van der Waals surface area (Å²) in [4.78, 5) is 32.2. The number of benzene rings is 1. The number of fused-ring (bicyclic) bond motifs is 2. The molecule has 1 aliphatic rings. The van der Waals surface area contributed by atoms with E-state index in [0.717, 1.165) is 29.1 Å². The number of nitrogens with one attached hydrogen (secondary N) is 2. The van der Waals surface area contributed by atoms with Gasteiger partial charge in [0.25, 0.3) is 21.5 Å². The van der Waals surface area contributed by atoms with Crippen molar-refractivity contribution in [3.8, 4) is 0 Å². The normalized spacial score (nSPS) is 13.7. The summed E-state index contributed by atoms with van der Waals surface area (Å²) in [5.41, 5.74) is 2.72. The number of rotatable bonds is 4. The van der Waals surface area contributed by atoms with E-state index < -0.39 is 15.9 Å². The van der Waals surface area contributed by atoms with Crippen molar-refractivity contribution in [2.24, 2.45) is 0 Å². The number of hydrazine groups is 1. The first-order chi connectivity index (χ1) is 12.8. The number of aryl methyl sites for hydroxylation is 2. The minimum absolute atomic E-state index is 0.115. The predicted molar refractivity (Wildman–Crippen MR) is 101 cm³/mol. The van der Waals surface area contributed by atoms with E-state index in [1.807, 2.05) is 0 Å². The molecule has 0 spiro atoms. The summed E-state index contributed by atoms with van der Waals surface area (Å²) in [5, 5.41) is 0.437. The molecular weight excluding hydrogens is 388 g/mol. The van der Waals surface area contributed by atoms with Gasteiger partial charge in [-0.15, -0.1) is 16.2 Å². The zero-order chi connectivity index (χ0) is 19.2. The molecule has 3 heterocycles. The first-order valence-corrected chi connectivity index (χ1v) is 10.6. The van der Waals surface area contributed by atoms with Crippen LogP contribution in [0.4, 0.5) is 0 Å². The summed E-state index contributed by atoms with van der Waals surface area (Å²) in [6, 6.07) is 7.68. The number of nitrogens with zero attached hydrogens (tertiary/aromatic N) is 2. The minimum Gasteiger partial charge on any atom is -0.296 e. The molecule has 140 valence electrons. The molecule has 3 aromatic rings. The summed E-state index contributed by atoms with van der Waals surface area (Å²) in [7, 11) is -3.83. The second-order valence-electron chi connectivity index (χ2n) is 6.25. The molecule has 2 N–H and O–H groups in total. The van der Waals surface area contributed by atoms with E-state index in [9.17, 15) is 18.0 Å². The van der Waals surface area contributed by atoms with Gasteiger partial charge >= 0.3 is 0 Å². The van der Waals surface area contributed by atoms with Crippen LogP contribution in [0.3, 0.4) is 0 Å². The van der Waals surface area contributed by atoms with Crippen molar-refractivity contribution in [2.75, 3.05) is 0 Å². The maximum atomic E-state index is 12.4. The van der Waals surface area contributed by atoms with E-state index in [0.29, 0.717) is 23.3 Å². The van der Waals surface area contributed by atoms with Gasteiger partial charge in [0.05, 0.1) is 10.9 Å². The van der Waals surface area contributed by atoms with Gasteiger partial charge in [0.15, 0.2) is 0 Å². The van der Waals surface area contributed by atoms with E-state index in [1.165, 1.54) is 18.2 Å². The van der Waals surface area contributed by atoms with Crippen LogP contribution >= 0.6 is 11.3 Å². The lowest BCUT2D eigenvalue weighted by molar-refractivity contribution is 0.0945. The summed E-state index contributed by atoms with van der Waals surface area (Å²) in [6.45, 7) is 2.45. The van der Waals surface area contributed by atoms with Crippen LogP contribution in [0.1, 0.15) is 27.5 Å². The number of carbonyl (C=O) groups excluding carboxylic acids is 1. The predicted octanol–water partition coefficient (Wildman–Crippen LogP) is 1.34. The van der Waals surface area contributed by atoms with Crippen molar-refractivity contribution in [3.05, 3.63) is 57.0 Å². The van der Waals surface area contributed by atoms with E-state index in [1.54, 1.807) is 23.6 Å². The fraction of sp³-hybridized carbons (Fsp3) is 0.235. The molecule has 8 nitrogen and oxygen atoms in total. The Labute approximate surface area is 158 Å². The Hall–Kier alpha value is -2.56. The maximum absolute atomic E-state index is 12.4. The first kappa shape index (κ1) is 17.8. The number of hydrogen-bond donors (Lipinski definition) is 2. The SMILES string of the molecule is Cc1ccc(S(=O)(=O)NNC(=O)c2ccc3c(=O)n4c(nc3c2)CCC4)s1. The van der Waals surface area contributed by atoms with Crippen LogP contribution in [0, 0.1) is 6.92 Å². The van der Waals surface area contributed by atoms with Crippen molar-refractivity contribution >= 4 is 38.2 Å². The molecular formula is C17H16N4O4S2. The number of carbonyl (C=O) groups is 1. The Bertz CT molecular complexity index is 1230. The van der Waals surface area contributed by atoms with Crippen LogP contribution in [0.25, 0.3) is 10.9 Å². The molecule has 0 atom stereocenters. The van der Waals surface area contributed by atoms with Gasteiger partial charge in [-0.05, 0) is 43.7 Å². The molecule has 0 bridgehead atoms. The van der Waals surface area contributed by atoms with Crippen molar-refractivity contribution in [3.63, 3.8) is 0 Å². The van der Waals surface area contributed by atoms with Crippen LogP contribution in [0.5, 0.6) is 0 Å². The molecule has 4 rings (SSSR count). The Kier molecular flexibility index (Phi) is 4.33. The lowest BCUT2D eigenvalue weighted by Gasteiger charge is -2.09. The number of aromatic nitrogens is 2. The van der Waals surface area contributed by atoms with Crippen molar-refractivity contribution < 1.29 is 13.2 Å². The highest BCUT2D eigenvalue weighted by molar-refractivity contribution is 7.91. The highest BCUT2D eigenvalue weighted by Gasteiger charge is 2.19. The fourth-order valence-corrected chi connectivity index (χ4v) is 5.14. The van der Waals surface area contributed by atoms with E-state index in [2.05, 4.69) is 15.2 Å². The third kappa shape index (κ3) is 3.27. The summed E-state index contributed by atoms with van der Waals surface area (Å²) < 4.78 is 26.2. The average molecular weight is 404 g/mol. The third-order valence-corrected chi connectivity index (χ3v) is 7.10. The molecule has 0 aliphatic carbocycles. The largest absolute Gasteiger partial charge is 0.296 e. The van der Waals surface area contributed by atoms with Crippen molar-refractivity contribution in [1.29, 1.82) is 0 Å². The Morgan fingerprint density at radius 3 is 2.81 bits per heavy atom. The van der Waals surface area contributed by atoms with Crippen LogP contribution in [-0.2, 0) is 23.0 Å². The minimum atomic E-state index is -3.83. The molecule has 0 unspecified atom stereocenters. The van der Waals surface area contributed by atoms with Gasteiger partial charge in [0.1, 0.15) is 10.0 Å². The standard InChI is InChI=1S/C17H16N4O4S2/c1-10-4-7-15(26-10)27(24,25)20-19-16(22)11-5-6-12-13(9-11)18-14-3-2-8-21(14)17(12)23/h4-7,9,20H,2-3,8H2,1H3,(H,19,22). The lowest BCUT2D eigenvalue weighted by Crippen LogP contribution is -2.41. The van der Waals surface area contributed by atoms with E-state index >= 15 is 0 Å². The monoisotopic (exact) mass is 404 g/mol. The van der Waals surface area contributed by atoms with Crippen LogP contribution < -0.4 is 15.8 Å². The molecule has 2 aromatic heterocycles. The molecule has 0 radical (unpaired) electrons. The second kappa shape index (κ2) is 6.55. The van der Waals surface area contributed by atoms with E-state index in [4.69, 9.17) is 0 Å². The topological polar surface area (TPSA) is 110 Å². The van der Waals surface area contributed by atoms with Crippen LogP contribution in [-0.4, -0.2) is 23.9 Å². The summed E-state index contributed by atoms with van der Waals surface area (Å²) >= 11 is 1.11. The molecule has 1 aromatic carbocycles. The number of hydrogen-bond acceptors (Lipinski definition) is 6. The second-order valence-corrected chi connectivity index (χ2v) is 9.44.